The zero-order valence-corrected chi connectivity index (χ0v) is 18.6. The molecule has 0 N–H and O–H groups in total. The van der Waals surface area contributed by atoms with Crippen LogP contribution >= 0.6 is 11.8 Å². The van der Waals surface area contributed by atoms with Crippen LogP contribution < -0.4 is 9.47 Å². The summed E-state index contributed by atoms with van der Waals surface area (Å²) in [5.41, 5.74) is 5.83. The molecular formula is C24H24N4O2S. The van der Waals surface area contributed by atoms with Gasteiger partial charge < -0.3 is 18.9 Å². The summed E-state index contributed by atoms with van der Waals surface area (Å²) < 4.78 is 13.4. The van der Waals surface area contributed by atoms with Gasteiger partial charge in [-0.2, -0.15) is 0 Å². The zero-order chi connectivity index (χ0) is 21.1. The van der Waals surface area contributed by atoms with Gasteiger partial charge in [0.1, 0.15) is 6.04 Å². The normalized spacial score (nSPS) is 23.9. The molecule has 0 amide bonds. The highest BCUT2D eigenvalue weighted by Crippen LogP contribution is 2.49. The first kappa shape index (κ1) is 18.8. The number of thioether (sulfide) groups is 1. The molecule has 6 rings (SSSR count). The number of rotatable bonds is 3. The van der Waals surface area contributed by atoms with Crippen LogP contribution in [0.5, 0.6) is 11.5 Å². The van der Waals surface area contributed by atoms with Crippen LogP contribution in [0.4, 0.5) is 0 Å². The van der Waals surface area contributed by atoms with Gasteiger partial charge in [-0.1, -0.05) is 24.8 Å². The molecule has 5 heterocycles. The third-order valence-corrected chi connectivity index (χ3v) is 7.39. The van der Waals surface area contributed by atoms with Crippen LogP contribution in [0.25, 0.3) is 5.69 Å². The van der Waals surface area contributed by atoms with E-state index in [1.165, 1.54) is 17.0 Å². The smallest absolute Gasteiger partial charge is 0.231 e. The third kappa shape index (κ3) is 2.94. The fourth-order valence-electron chi connectivity index (χ4n) is 4.96. The van der Waals surface area contributed by atoms with Gasteiger partial charge in [0.05, 0.1) is 11.7 Å². The molecule has 3 aliphatic rings. The predicted octanol–water partition coefficient (Wildman–Crippen LogP) is 4.81. The number of ether oxygens (including phenoxy) is 2. The van der Waals surface area contributed by atoms with Gasteiger partial charge in [-0.15, -0.1) is 0 Å². The number of amidine groups is 1. The number of hydrogen-bond acceptors (Lipinski definition) is 6. The van der Waals surface area contributed by atoms with E-state index < -0.39 is 0 Å². The van der Waals surface area contributed by atoms with Crippen molar-refractivity contribution in [3.05, 3.63) is 71.3 Å². The fourth-order valence-corrected chi connectivity index (χ4v) is 6.06. The van der Waals surface area contributed by atoms with E-state index in [2.05, 4.69) is 65.6 Å². The number of fused-ring (bicyclic) bond motifs is 2. The van der Waals surface area contributed by atoms with E-state index in [0.29, 0.717) is 5.25 Å². The van der Waals surface area contributed by atoms with E-state index in [1.807, 2.05) is 30.1 Å². The molecular weight excluding hydrogens is 408 g/mol. The van der Waals surface area contributed by atoms with Crippen molar-refractivity contribution in [1.29, 1.82) is 0 Å². The highest BCUT2D eigenvalue weighted by Gasteiger charge is 2.44. The molecule has 31 heavy (non-hydrogen) atoms. The van der Waals surface area contributed by atoms with Gasteiger partial charge in [0, 0.05) is 41.1 Å². The molecule has 0 spiro atoms. The minimum Gasteiger partial charge on any atom is -0.454 e. The number of benzene rings is 1. The standard InChI is InChI=1S/C24H24N4O2S/c1-14-10-18(16(3)28(14)17-7-8-20-21(11-17)30-13-29-20)23-22(19-6-4-5-9-25-19)26-24-27(23)12-15(2)31-24/h4-11,15,22-23H,12-13H2,1-3H3. The van der Waals surface area contributed by atoms with E-state index in [4.69, 9.17) is 14.5 Å². The molecule has 0 radical (unpaired) electrons. The van der Waals surface area contributed by atoms with E-state index in [9.17, 15) is 0 Å². The average molecular weight is 433 g/mol. The summed E-state index contributed by atoms with van der Waals surface area (Å²) in [5, 5.41) is 1.68. The molecule has 0 bridgehead atoms. The van der Waals surface area contributed by atoms with Crippen molar-refractivity contribution in [2.24, 2.45) is 4.99 Å². The molecule has 158 valence electrons. The second kappa shape index (κ2) is 7.05. The van der Waals surface area contributed by atoms with Crippen LogP contribution in [0, 0.1) is 13.8 Å². The Labute approximate surface area is 185 Å². The summed E-state index contributed by atoms with van der Waals surface area (Å²) in [7, 11) is 0. The van der Waals surface area contributed by atoms with Crippen molar-refractivity contribution in [2.75, 3.05) is 13.3 Å². The van der Waals surface area contributed by atoms with E-state index >= 15 is 0 Å². The molecule has 0 saturated carbocycles. The van der Waals surface area contributed by atoms with Crippen molar-refractivity contribution in [3.63, 3.8) is 0 Å². The van der Waals surface area contributed by atoms with Crippen LogP contribution in [-0.2, 0) is 0 Å². The number of hydrogen-bond donors (Lipinski definition) is 0. The first-order chi connectivity index (χ1) is 15.1. The minimum absolute atomic E-state index is 0.00176. The minimum atomic E-state index is 0.00176. The molecule has 3 aliphatic heterocycles. The summed E-state index contributed by atoms with van der Waals surface area (Å²) in [6, 6.07) is 14.7. The fraction of sp³-hybridized carbons (Fsp3) is 0.333. The maximum atomic E-state index is 5.62. The van der Waals surface area contributed by atoms with Gasteiger partial charge in [-0.3, -0.25) is 9.98 Å². The molecule has 1 fully saturated rings. The molecule has 3 atom stereocenters. The van der Waals surface area contributed by atoms with Gasteiger partial charge in [-0.25, -0.2) is 0 Å². The first-order valence-electron chi connectivity index (χ1n) is 10.6. The maximum Gasteiger partial charge on any atom is 0.231 e. The Hall–Kier alpha value is -2.93. The topological polar surface area (TPSA) is 51.9 Å². The van der Waals surface area contributed by atoms with Crippen LogP contribution in [0.1, 0.15) is 41.7 Å². The molecule has 3 aromatic rings. The Morgan fingerprint density at radius 1 is 1.06 bits per heavy atom. The molecule has 6 nitrogen and oxygen atoms in total. The SMILES string of the molecule is Cc1cc(C2C(c3ccccn3)N=C3SC(C)CN32)c(C)n1-c1ccc2c(c1)OCO2. The number of aliphatic imine (C=N–C) groups is 1. The van der Waals surface area contributed by atoms with Crippen LogP contribution in [0.2, 0.25) is 0 Å². The molecule has 7 heteroatoms. The van der Waals surface area contributed by atoms with E-state index in [1.54, 1.807) is 0 Å². The van der Waals surface area contributed by atoms with Crippen LogP contribution in [0.15, 0.2) is 53.7 Å². The lowest BCUT2D eigenvalue weighted by atomic mass is 9.96. The highest BCUT2D eigenvalue weighted by atomic mass is 32.2. The number of pyridine rings is 1. The van der Waals surface area contributed by atoms with Crippen LogP contribution in [0.3, 0.4) is 0 Å². The maximum absolute atomic E-state index is 5.62. The summed E-state index contributed by atoms with van der Waals surface area (Å²) in [4.78, 5) is 12.3. The average Bonchev–Trinajstić information content (AvgIpc) is 3.51. The lowest BCUT2D eigenvalue weighted by molar-refractivity contribution is 0.174. The van der Waals surface area contributed by atoms with Crippen molar-refractivity contribution in [2.45, 2.75) is 38.1 Å². The zero-order valence-electron chi connectivity index (χ0n) is 17.8. The second-order valence-corrected chi connectivity index (χ2v) is 9.74. The van der Waals surface area contributed by atoms with Gasteiger partial charge in [0.15, 0.2) is 16.7 Å². The Bertz CT molecular complexity index is 1190. The van der Waals surface area contributed by atoms with E-state index in [-0.39, 0.29) is 18.9 Å². The van der Waals surface area contributed by atoms with Gasteiger partial charge in [0.2, 0.25) is 6.79 Å². The number of aromatic nitrogens is 2. The lowest BCUT2D eigenvalue weighted by Gasteiger charge is -2.27. The van der Waals surface area contributed by atoms with Crippen molar-refractivity contribution in [3.8, 4) is 17.2 Å². The third-order valence-electron chi connectivity index (χ3n) is 6.28. The Morgan fingerprint density at radius 3 is 2.77 bits per heavy atom. The summed E-state index contributed by atoms with van der Waals surface area (Å²) >= 11 is 1.87. The highest BCUT2D eigenvalue weighted by molar-refractivity contribution is 8.14. The van der Waals surface area contributed by atoms with E-state index in [0.717, 1.165) is 34.6 Å². The molecule has 1 saturated heterocycles. The Balaban J connectivity index is 1.45. The largest absolute Gasteiger partial charge is 0.454 e. The van der Waals surface area contributed by atoms with Crippen molar-refractivity contribution >= 4 is 16.9 Å². The lowest BCUT2D eigenvalue weighted by Crippen LogP contribution is -2.28. The summed E-state index contributed by atoms with van der Waals surface area (Å²) in [5.74, 6) is 1.60. The van der Waals surface area contributed by atoms with Crippen molar-refractivity contribution < 1.29 is 9.47 Å². The monoisotopic (exact) mass is 432 g/mol. The summed E-state index contributed by atoms with van der Waals surface area (Å²) in [6.07, 6.45) is 1.86. The molecule has 3 unspecified atom stereocenters. The van der Waals surface area contributed by atoms with Gasteiger partial charge in [-0.05, 0) is 49.7 Å². The number of aryl methyl sites for hydroxylation is 1. The van der Waals surface area contributed by atoms with Crippen LogP contribution in [-0.4, -0.2) is 38.2 Å². The summed E-state index contributed by atoms with van der Waals surface area (Å²) in [6.45, 7) is 7.92. The molecule has 2 aromatic heterocycles. The van der Waals surface area contributed by atoms with Gasteiger partial charge in [0.25, 0.3) is 0 Å². The van der Waals surface area contributed by atoms with Gasteiger partial charge >= 0.3 is 0 Å². The quantitative estimate of drug-likeness (QED) is 0.595. The predicted molar refractivity (Wildman–Crippen MR) is 122 cm³/mol. The first-order valence-corrected chi connectivity index (χ1v) is 11.5. The Kier molecular flexibility index (Phi) is 4.28. The Morgan fingerprint density at radius 2 is 1.94 bits per heavy atom. The molecule has 0 aliphatic carbocycles. The molecule has 1 aromatic carbocycles. The van der Waals surface area contributed by atoms with Crippen molar-refractivity contribution in [1.82, 2.24) is 14.5 Å². The second-order valence-electron chi connectivity index (χ2n) is 8.34. The number of nitrogens with zero attached hydrogens (tertiary/aromatic N) is 4.